The number of carbonyl (C=O) groups excluding carboxylic acids is 1. The summed E-state index contributed by atoms with van der Waals surface area (Å²) in [5.41, 5.74) is 1.22. The number of carbonyl (C=O) groups is 1. The van der Waals surface area contributed by atoms with Crippen molar-refractivity contribution in [2.75, 3.05) is 24.0 Å². The largest absolute Gasteiger partial charge is 0.454 e. The van der Waals surface area contributed by atoms with Crippen molar-refractivity contribution in [1.82, 2.24) is 9.78 Å². The maximum absolute atomic E-state index is 12.3. The highest BCUT2D eigenvalue weighted by Gasteiger charge is 2.19. The molecule has 0 radical (unpaired) electrons. The molecule has 108 valence electrons. The fourth-order valence-corrected chi connectivity index (χ4v) is 2.50. The van der Waals surface area contributed by atoms with E-state index in [0.717, 1.165) is 25.3 Å². The molecular weight excluding hydrogens is 272 g/mol. The quantitative estimate of drug-likeness (QED) is 0.878. The molecule has 2 aliphatic rings. The van der Waals surface area contributed by atoms with Crippen molar-refractivity contribution in [2.45, 2.75) is 13.0 Å². The van der Waals surface area contributed by atoms with E-state index in [0.29, 0.717) is 22.7 Å². The van der Waals surface area contributed by atoms with Gasteiger partial charge in [0.05, 0.1) is 6.20 Å². The number of hydrogen-bond acceptors (Lipinski definition) is 5. The summed E-state index contributed by atoms with van der Waals surface area (Å²) in [5.74, 6) is 1.92. The Labute approximate surface area is 120 Å². The van der Waals surface area contributed by atoms with E-state index in [2.05, 4.69) is 15.7 Å². The first-order chi connectivity index (χ1) is 10.3. The summed E-state index contributed by atoms with van der Waals surface area (Å²) < 4.78 is 12.4. The molecule has 0 fully saturated rings. The predicted molar refractivity (Wildman–Crippen MR) is 75.9 cm³/mol. The molecule has 0 atom stereocenters. The Balaban J connectivity index is 1.57. The summed E-state index contributed by atoms with van der Waals surface area (Å²) in [6.07, 6.45) is 2.70. The third-order valence-corrected chi connectivity index (χ3v) is 3.56. The fraction of sp³-hybridized carbons (Fsp3) is 0.286. The predicted octanol–water partition coefficient (Wildman–Crippen LogP) is 1.68. The first-order valence-corrected chi connectivity index (χ1v) is 6.82. The second-order valence-electron chi connectivity index (χ2n) is 4.93. The minimum absolute atomic E-state index is 0.196. The molecule has 1 aromatic heterocycles. The topological polar surface area (TPSA) is 77.4 Å². The zero-order chi connectivity index (χ0) is 14.2. The first kappa shape index (κ1) is 12.1. The second-order valence-corrected chi connectivity index (χ2v) is 4.93. The number of nitrogens with one attached hydrogen (secondary N) is 2. The standard InChI is InChI=1S/C14H14N4O3/c19-14(9-2-3-11-12(6-9)21-8-20-11)17-10-7-16-18-5-1-4-15-13(10)18/h2-3,6-7,15H,1,4-5,8H2,(H,17,19). The molecule has 1 aromatic carbocycles. The number of aryl methyl sites for hydroxylation is 1. The Morgan fingerprint density at radius 3 is 3.19 bits per heavy atom. The number of fused-ring (bicyclic) bond motifs is 2. The molecule has 0 saturated heterocycles. The second kappa shape index (κ2) is 4.69. The summed E-state index contributed by atoms with van der Waals surface area (Å²) in [5, 5.41) is 10.4. The van der Waals surface area contributed by atoms with Crippen LogP contribution in [0.15, 0.2) is 24.4 Å². The molecule has 2 aromatic rings. The fourth-order valence-electron chi connectivity index (χ4n) is 2.50. The van der Waals surface area contributed by atoms with E-state index < -0.39 is 0 Å². The number of benzene rings is 1. The third kappa shape index (κ3) is 2.06. The summed E-state index contributed by atoms with van der Waals surface area (Å²) >= 11 is 0. The number of aromatic nitrogens is 2. The highest BCUT2D eigenvalue weighted by molar-refractivity contribution is 6.06. The number of nitrogens with zero attached hydrogens (tertiary/aromatic N) is 2. The van der Waals surface area contributed by atoms with Gasteiger partial charge in [-0.2, -0.15) is 5.10 Å². The lowest BCUT2D eigenvalue weighted by atomic mass is 10.2. The average Bonchev–Trinajstić information content (AvgIpc) is 3.13. The summed E-state index contributed by atoms with van der Waals surface area (Å²) in [6, 6.07) is 5.14. The molecule has 4 rings (SSSR count). The minimum atomic E-state index is -0.198. The van der Waals surface area contributed by atoms with E-state index in [4.69, 9.17) is 9.47 Å². The monoisotopic (exact) mass is 286 g/mol. The zero-order valence-electron chi connectivity index (χ0n) is 11.3. The van der Waals surface area contributed by atoms with Crippen molar-refractivity contribution in [3.05, 3.63) is 30.0 Å². The number of hydrogen-bond donors (Lipinski definition) is 2. The molecule has 2 N–H and O–H groups in total. The van der Waals surface area contributed by atoms with Crippen LogP contribution < -0.4 is 20.1 Å². The molecule has 3 heterocycles. The van der Waals surface area contributed by atoms with Crippen LogP contribution in [-0.2, 0) is 6.54 Å². The molecule has 1 amide bonds. The van der Waals surface area contributed by atoms with E-state index in [9.17, 15) is 4.79 Å². The molecule has 7 heteroatoms. The van der Waals surface area contributed by atoms with Gasteiger partial charge in [-0.3, -0.25) is 4.79 Å². The van der Waals surface area contributed by atoms with Gasteiger partial charge in [0, 0.05) is 18.7 Å². The van der Waals surface area contributed by atoms with Crippen LogP contribution in [-0.4, -0.2) is 29.0 Å². The van der Waals surface area contributed by atoms with Gasteiger partial charge in [0.15, 0.2) is 11.5 Å². The lowest BCUT2D eigenvalue weighted by Gasteiger charge is -2.17. The molecule has 0 spiro atoms. The van der Waals surface area contributed by atoms with Crippen LogP contribution in [0.3, 0.4) is 0 Å². The van der Waals surface area contributed by atoms with E-state index in [1.54, 1.807) is 24.4 Å². The number of rotatable bonds is 2. The van der Waals surface area contributed by atoms with Crippen LogP contribution >= 0.6 is 0 Å². The van der Waals surface area contributed by atoms with Gasteiger partial charge in [-0.15, -0.1) is 0 Å². The van der Waals surface area contributed by atoms with Crippen molar-refractivity contribution in [2.24, 2.45) is 0 Å². The van der Waals surface area contributed by atoms with E-state index in [-0.39, 0.29) is 12.7 Å². The molecule has 0 unspecified atom stereocenters. The number of ether oxygens (including phenoxy) is 2. The zero-order valence-corrected chi connectivity index (χ0v) is 11.3. The van der Waals surface area contributed by atoms with Crippen LogP contribution in [0.4, 0.5) is 11.5 Å². The lowest BCUT2D eigenvalue weighted by molar-refractivity contribution is 0.102. The molecule has 0 saturated carbocycles. The molecule has 0 bridgehead atoms. The van der Waals surface area contributed by atoms with E-state index in [1.165, 1.54) is 0 Å². The van der Waals surface area contributed by atoms with Gasteiger partial charge in [-0.05, 0) is 24.6 Å². The summed E-state index contributed by atoms with van der Waals surface area (Å²) in [4.78, 5) is 12.3. The van der Waals surface area contributed by atoms with Gasteiger partial charge >= 0.3 is 0 Å². The maximum Gasteiger partial charge on any atom is 0.255 e. The Bertz CT molecular complexity index is 710. The highest BCUT2D eigenvalue weighted by Crippen LogP contribution is 2.33. The Morgan fingerprint density at radius 2 is 2.24 bits per heavy atom. The van der Waals surface area contributed by atoms with Crippen molar-refractivity contribution in [1.29, 1.82) is 0 Å². The smallest absolute Gasteiger partial charge is 0.255 e. The normalized spacial score (nSPS) is 15.2. The summed E-state index contributed by atoms with van der Waals surface area (Å²) in [6.45, 7) is 1.95. The first-order valence-electron chi connectivity index (χ1n) is 6.82. The van der Waals surface area contributed by atoms with Gasteiger partial charge in [0.25, 0.3) is 5.91 Å². The Kier molecular flexibility index (Phi) is 2.70. The van der Waals surface area contributed by atoms with E-state index >= 15 is 0 Å². The molecule has 2 aliphatic heterocycles. The van der Waals surface area contributed by atoms with Gasteiger partial charge < -0.3 is 20.1 Å². The van der Waals surface area contributed by atoms with E-state index in [1.807, 2.05) is 4.68 Å². The highest BCUT2D eigenvalue weighted by atomic mass is 16.7. The van der Waals surface area contributed by atoms with Crippen LogP contribution in [0.1, 0.15) is 16.8 Å². The Hall–Kier alpha value is -2.70. The molecular formula is C14H14N4O3. The summed E-state index contributed by atoms with van der Waals surface area (Å²) in [7, 11) is 0. The van der Waals surface area contributed by atoms with Gasteiger partial charge in [0.2, 0.25) is 6.79 Å². The van der Waals surface area contributed by atoms with Crippen LogP contribution in [0.5, 0.6) is 11.5 Å². The number of amides is 1. The maximum atomic E-state index is 12.3. The van der Waals surface area contributed by atoms with Crippen molar-refractivity contribution < 1.29 is 14.3 Å². The molecule has 21 heavy (non-hydrogen) atoms. The average molecular weight is 286 g/mol. The lowest BCUT2D eigenvalue weighted by Crippen LogP contribution is -2.19. The van der Waals surface area contributed by atoms with Crippen molar-refractivity contribution in [3.8, 4) is 11.5 Å². The Morgan fingerprint density at radius 1 is 1.33 bits per heavy atom. The van der Waals surface area contributed by atoms with Crippen LogP contribution in [0, 0.1) is 0 Å². The van der Waals surface area contributed by atoms with Crippen molar-refractivity contribution in [3.63, 3.8) is 0 Å². The third-order valence-electron chi connectivity index (χ3n) is 3.56. The van der Waals surface area contributed by atoms with Gasteiger partial charge in [-0.1, -0.05) is 0 Å². The SMILES string of the molecule is O=C(Nc1cnn2c1NCCC2)c1ccc2c(c1)OCO2. The van der Waals surface area contributed by atoms with Crippen LogP contribution in [0.2, 0.25) is 0 Å². The van der Waals surface area contributed by atoms with Gasteiger partial charge in [-0.25, -0.2) is 4.68 Å². The van der Waals surface area contributed by atoms with Crippen LogP contribution in [0.25, 0.3) is 0 Å². The molecule has 0 aliphatic carbocycles. The number of anilines is 2. The van der Waals surface area contributed by atoms with Gasteiger partial charge in [0.1, 0.15) is 11.5 Å². The minimum Gasteiger partial charge on any atom is -0.454 e. The molecule has 7 nitrogen and oxygen atoms in total. The van der Waals surface area contributed by atoms with Crippen molar-refractivity contribution >= 4 is 17.4 Å².